The summed E-state index contributed by atoms with van der Waals surface area (Å²) in [5.74, 6) is 0.490. The highest BCUT2D eigenvalue weighted by Gasteiger charge is 2.29. The van der Waals surface area contributed by atoms with Gasteiger partial charge in [-0.15, -0.1) is 0 Å². The molecule has 1 aromatic carbocycles. The number of sulfonamides is 1. The van der Waals surface area contributed by atoms with Crippen LogP contribution in [-0.4, -0.2) is 69.0 Å². The largest absolute Gasteiger partial charge is 0.496 e. The Morgan fingerprint density at radius 1 is 1.22 bits per heavy atom. The summed E-state index contributed by atoms with van der Waals surface area (Å²) in [6, 6.07) is 4.54. The molecule has 0 unspecified atom stereocenters. The Morgan fingerprint density at radius 2 is 1.89 bits per heavy atom. The van der Waals surface area contributed by atoms with Crippen LogP contribution < -0.4 is 4.74 Å². The number of aryl methyl sites for hydroxylation is 1. The van der Waals surface area contributed by atoms with Crippen molar-refractivity contribution in [2.45, 2.75) is 55.6 Å². The number of aliphatic hydroxyl groups is 1. The van der Waals surface area contributed by atoms with Gasteiger partial charge in [0.15, 0.2) is 0 Å². The molecule has 7 nitrogen and oxygen atoms in total. The first-order chi connectivity index (χ1) is 12.7. The molecule has 1 fully saturated rings. The normalized spacial score (nSPS) is 20.5. The average molecular weight is 399 g/mol. The average Bonchev–Trinajstić information content (AvgIpc) is 2.65. The maximum Gasteiger partial charge on any atom is 0.242 e. The van der Waals surface area contributed by atoms with Crippen molar-refractivity contribution in [3.05, 3.63) is 23.8 Å². The number of nitrogens with zero attached hydrogens (tertiary/aromatic N) is 2. The second-order valence-electron chi connectivity index (χ2n) is 7.18. The smallest absolute Gasteiger partial charge is 0.242 e. The minimum atomic E-state index is -3.55. The van der Waals surface area contributed by atoms with Crippen LogP contribution in [0.1, 0.15) is 37.7 Å². The standard InChI is InChI=1S/C19H30N2O5S/c1-20(2)27(24,25)15-10-11-18(26-4)14(13-15)9-12-19(23)21(3)16-7-5-6-8-17(16)22/h10-11,13,16-17,22H,5-9,12H2,1-4H3/t16-,17-/m1/s1. The van der Waals surface area contributed by atoms with Crippen LogP contribution in [-0.2, 0) is 21.2 Å². The van der Waals surface area contributed by atoms with E-state index >= 15 is 0 Å². The quantitative estimate of drug-likeness (QED) is 0.754. The van der Waals surface area contributed by atoms with Gasteiger partial charge < -0.3 is 14.7 Å². The summed E-state index contributed by atoms with van der Waals surface area (Å²) in [4.78, 5) is 14.4. The number of ether oxygens (including phenoxy) is 1. The Bertz CT molecular complexity index is 763. The Labute approximate surface area is 162 Å². The number of methoxy groups -OCH3 is 1. The predicted molar refractivity (Wildman–Crippen MR) is 103 cm³/mol. The number of likely N-dealkylation sites (N-methyl/N-ethyl adjacent to an activating group) is 1. The van der Waals surface area contributed by atoms with Gasteiger partial charge in [0.25, 0.3) is 0 Å². The van der Waals surface area contributed by atoms with Crippen molar-refractivity contribution in [1.29, 1.82) is 0 Å². The fraction of sp³-hybridized carbons (Fsp3) is 0.632. The fourth-order valence-corrected chi connectivity index (χ4v) is 4.42. The van der Waals surface area contributed by atoms with Crippen molar-refractivity contribution in [1.82, 2.24) is 9.21 Å². The molecule has 0 saturated heterocycles. The van der Waals surface area contributed by atoms with Gasteiger partial charge in [0.05, 0.1) is 24.2 Å². The van der Waals surface area contributed by atoms with Crippen molar-refractivity contribution in [2.24, 2.45) is 0 Å². The number of carbonyl (C=O) groups excluding carboxylic acids is 1. The van der Waals surface area contributed by atoms with Crippen LogP contribution in [0.3, 0.4) is 0 Å². The minimum absolute atomic E-state index is 0.0659. The van der Waals surface area contributed by atoms with Gasteiger partial charge in [0, 0.05) is 27.6 Å². The molecule has 152 valence electrons. The van der Waals surface area contributed by atoms with E-state index in [9.17, 15) is 18.3 Å². The zero-order chi connectivity index (χ0) is 20.2. The molecular formula is C19H30N2O5S. The van der Waals surface area contributed by atoms with Crippen molar-refractivity contribution < 1.29 is 23.1 Å². The number of carbonyl (C=O) groups is 1. The van der Waals surface area contributed by atoms with Crippen LogP contribution >= 0.6 is 0 Å². The lowest BCUT2D eigenvalue weighted by Gasteiger charge is -2.35. The van der Waals surface area contributed by atoms with Gasteiger partial charge in [-0.05, 0) is 43.0 Å². The van der Waals surface area contributed by atoms with Crippen LogP contribution in [0.15, 0.2) is 23.1 Å². The van der Waals surface area contributed by atoms with Gasteiger partial charge in [0.2, 0.25) is 15.9 Å². The van der Waals surface area contributed by atoms with Crippen LogP contribution in [0, 0.1) is 0 Å². The van der Waals surface area contributed by atoms with Crippen LogP contribution in [0.4, 0.5) is 0 Å². The molecule has 1 aliphatic carbocycles. The van der Waals surface area contributed by atoms with E-state index < -0.39 is 16.1 Å². The highest BCUT2D eigenvalue weighted by molar-refractivity contribution is 7.89. The molecule has 1 amide bonds. The molecule has 1 saturated carbocycles. The lowest BCUT2D eigenvalue weighted by molar-refractivity contribution is -0.135. The molecule has 27 heavy (non-hydrogen) atoms. The molecule has 0 aliphatic heterocycles. The third kappa shape index (κ3) is 5.00. The zero-order valence-corrected chi connectivity index (χ0v) is 17.3. The van der Waals surface area contributed by atoms with E-state index in [4.69, 9.17) is 4.74 Å². The van der Waals surface area contributed by atoms with E-state index in [1.807, 2.05) is 0 Å². The molecule has 1 aromatic rings. The van der Waals surface area contributed by atoms with Gasteiger partial charge in [0.1, 0.15) is 5.75 Å². The molecule has 8 heteroatoms. The SMILES string of the molecule is COc1ccc(S(=O)(=O)N(C)C)cc1CCC(=O)N(C)[C@@H]1CCCC[C@H]1O. The summed E-state index contributed by atoms with van der Waals surface area (Å²) >= 11 is 0. The summed E-state index contributed by atoms with van der Waals surface area (Å²) in [7, 11) is 2.65. The summed E-state index contributed by atoms with van der Waals surface area (Å²) in [5.41, 5.74) is 0.673. The molecule has 0 heterocycles. The topological polar surface area (TPSA) is 87.2 Å². The molecule has 0 bridgehead atoms. The third-order valence-electron chi connectivity index (χ3n) is 5.22. The summed E-state index contributed by atoms with van der Waals surface area (Å²) < 4.78 is 31.2. The van der Waals surface area contributed by atoms with E-state index in [2.05, 4.69) is 0 Å². The maximum absolute atomic E-state index is 12.6. The summed E-state index contributed by atoms with van der Waals surface area (Å²) in [6.07, 6.45) is 3.65. The van der Waals surface area contributed by atoms with Crippen LogP contribution in [0.5, 0.6) is 5.75 Å². The van der Waals surface area contributed by atoms with Crippen molar-refractivity contribution in [2.75, 3.05) is 28.3 Å². The lowest BCUT2D eigenvalue weighted by Crippen LogP contribution is -2.46. The van der Waals surface area contributed by atoms with E-state index in [1.54, 1.807) is 24.1 Å². The van der Waals surface area contributed by atoms with Gasteiger partial charge in [-0.2, -0.15) is 0 Å². The second kappa shape index (κ2) is 9.03. The molecular weight excluding hydrogens is 368 g/mol. The number of aliphatic hydroxyl groups excluding tert-OH is 1. The highest BCUT2D eigenvalue weighted by Crippen LogP contribution is 2.26. The van der Waals surface area contributed by atoms with Crippen LogP contribution in [0.25, 0.3) is 0 Å². The number of rotatable bonds is 7. The van der Waals surface area contributed by atoms with E-state index in [0.717, 1.165) is 30.0 Å². The number of amides is 1. The molecule has 2 rings (SSSR count). The second-order valence-corrected chi connectivity index (χ2v) is 9.34. The molecule has 0 radical (unpaired) electrons. The number of hydrogen-bond donors (Lipinski definition) is 1. The van der Waals surface area contributed by atoms with E-state index in [1.165, 1.54) is 27.3 Å². The summed E-state index contributed by atoms with van der Waals surface area (Å²) in [5, 5.41) is 10.1. The number of benzene rings is 1. The monoisotopic (exact) mass is 398 g/mol. The van der Waals surface area contributed by atoms with Gasteiger partial charge in [-0.1, -0.05) is 12.8 Å². The highest BCUT2D eigenvalue weighted by atomic mass is 32.2. The molecule has 0 aromatic heterocycles. The molecule has 1 aliphatic rings. The van der Waals surface area contributed by atoms with Gasteiger partial charge in [-0.3, -0.25) is 4.79 Å². The summed E-state index contributed by atoms with van der Waals surface area (Å²) in [6.45, 7) is 0. The Morgan fingerprint density at radius 3 is 2.48 bits per heavy atom. The number of hydrogen-bond acceptors (Lipinski definition) is 5. The lowest BCUT2D eigenvalue weighted by atomic mass is 9.91. The molecule has 2 atom stereocenters. The fourth-order valence-electron chi connectivity index (χ4n) is 3.47. The predicted octanol–water partition coefficient (Wildman–Crippen LogP) is 1.64. The van der Waals surface area contributed by atoms with Crippen molar-refractivity contribution >= 4 is 15.9 Å². The van der Waals surface area contributed by atoms with Gasteiger partial charge in [-0.25, -0.2) is 12.7 Å². The molecule has 0 spiro atoms. The first kappa shape index (κ1) is 21.7. The van der Waals surface area contributed by atoms with Crippen molar-refractivity contribution in [3.63, 3.8) is 0 Å². The first-order valence-corrected chi connectivity index (χ1v) is 10.7. The molecule has 1 N–H and O–H groups in total. The Balaban J connectivity index is 2.13. The third-order valence-corrected chi connectivity index (χ3v) is 7.03. The first-order valence-electron chi connectivity index (χ1n) is 9.21. The maximum atomic E-state index is 12.6. The van der Waals surface area contributed by atoms with E-state index in [-0.39, 0.29) is 23.3 Å². The Hall–Kier alpha value is -1.64. The minimum Gasteiger partial charge on any atom is -0.496 e. The zero-order valence-electron chi connectivity index (χ0n) is 16.5. The van der Waals surface area contributed by atoms with Crippen molar-refractivity contribution in [3.8, 4) is 5.75 Å². The van der Waals surface area contributed by atoms with Gasteiger partial charge >= 0.3 is 0 Å². The Kier molecular flexibility index (Phi) is 7.25. The van der Waals surface area contributed by atoms with E-state index in [0.29, 0.717) is 17.7 Å². The van der Waals surface area contributed by atoms with Crippen LogP contribution in [0.2, 0.25) is 0 Å².